The highest BCUT2D eigenvalue weighted by atomic mass is 32.1. The van der Waals surface area contributed by atoms with Crippen molar-refractivity contribution in [2.45, 2.75) is 13.2 Å². The predicted molar refractivity (Wildman–Crippen MR) is 126 cm³/mol. The summed E-state index contributed by atoms with van der Waals surface area (Å²) in [6, 6.07) is 13.3. The van der Waals surface area contributed by atoms with Crippen molar-refractivity contribution in [1.29, 1.82) is 0 Å². The summed E-state index contributed by atoms with van der Waals surface area (Å²) in [4.78, 5) is 30.4. The van der Waals surface area contributed by atoms with Crippen molar-refractivity contribution in [2.75, 3.05) is 26.2 Å². The number of pyridine rings is 1. The SMILES string of the molecule is O=C(c1csc2c(O)nc(-c3ccccn3)nc12)N1CCN(Cc2cccc(CO)c2)CC1. The van der Waals surface area contributed by atoms with Crippen LogP contribution in [0.4, 0.5) is 0 Å². The van der Waals surface area contributed by atoms with Gasteiger partial charge in [-0.25, -0.2) is 4.98 Å². The second kappa shape index (κ2) is 9.22. The van der Waals surface area contributed by atoms with Gasteiger partial charge in [0.25, 0.3) is 5.91 Å². The minimum Gasteiger partial charge on any atom is -0.492 e. The van der Waals surface area contributed by atoms with E-state index in [0.29, 0.717) is 40.4 Å². The molecule has 0 atom stereocenters. The molecule has 3 aromatic heterocycles. The van der Waals surface area contributed by atoms with E-state index in [1.807, 2.05) is 29.2 Å². The van der Waals surface area contributed by atoms with E-state index in [0.717, 1.165) is 30.8 Å². The van der Waals surface area contributed by atoms with Gasteiger partial charge in [0.15, 0.2) is 5.82 Å². The molecule has 1 aromatic carbocycles. The van der Waals surface area contributed by atoms with Gasteiger partial charge in [0.1, 0.15) is 15.9 Å². The van der Waals surface area contributed by atoms with E-state index in [9.17, 15) is 15.0 Å². The molecule has 1 amide bonds. The van der Waals surface area contributed by atoms with Gasteiger partial charge in [0, 0.05) is 44.3 Å². The Morgan fingerprint density at radius 2 is 1.85 bits per heavy atom. The number of aliphatic hydroxyl groups excluding tert-OH is 1. The van der Waals surface area contributed by atoms with Crippen molar-refractivity contribution in [3.63, 3.8) is 0 Å². The maximum atomic E-state index is 13.3. The number of rotatable bonds is 5. The number of hydrogen-bond donors (Lipinski definition) is 2. The summed E-state index contributed by atoms with van der Waals surface area (Å²) in [6.07, 6.45) is 1.64. The molecule has 8 nitrogen and oxygen atoms in total. The molecule has 2 N–H and O–H groups in total. The summed E-state index contributed by atoms with van der Waals surface area (Å²) in [6.45, 7) is 3.56. The molecule has 0 radical (unpaired) electrons. The fourth-order valence-corrected chi connectivity index (χ4v) is 4.90. The zero-order valence-corrected chi connectivity index (χ0v) is 18.7. The van der Waals surface area contributed by atoms with Gasteiger partial charge in [-0.15, -0.1) is 11.3 Å². The van der Waals surface area contributed by atoms with Crippen molar-refractivity contribution in [3.05, 3.63) is 70.7 Å². The maximum absolute atomic E-state index is 13.3. The summed E-state index contributed by atoms with van der Waals surface area (Å²) in [7, 11) is 0. The molecule has 0 spiro atoms. The van der Waals surface area contributed by atoms with Crippen LogP contribution in [-0.2, 0) is 13.2 Å². The van der Waals surface area contributed by atoms with E-state index in [1.54, 1.807) is 23.7 Å². The van der Waals surface area contributed by atoms with Gasteiger partial charge in [-0.05, 0) is 23.3 Å². The fourth-order valence-electron chi connectivity index (χ4n) is 4.03. The summed E-state index contributed by atoms with van der Waals surface area (Å²) < 4.78 is 0.500. The number of aromatic hydroxyl groups is 1. The zero-order chi connectivity index (χ0) is 22.8. The molecule has 5 rings (SSSR count). The molecule has 1 aliphatic heterocycles. The molecule has 4 heterocycles. The molecule has 1 fully saturated rings. The van der Waals surface area contributed by atoms with Crippen LogP contribution in [0.25, 0.3) is 21.7 Å². The monoisotopic (exact) mass is 461 g/mol. The number of fused-ring (bicyclic) bond motifs is 1. The van der Waals surface area contributed by atoms with Crippen molar-refractivity contribution in [2.24, 2.45) is 0 Å². The molecule has 9 heteroatoms. The summed E-state index contributed by atoms with van der Waals surface area (Å²) in [5.74, 6) is 0.0656. The summed E-state index contributed by atoms with van der Waals surface area (Å²) >= 11 is 1.27. The molecule has 0 aliphatic carbocycles. The van der Waals surface area contributed by atoms with Crippen LogP contribution < -0.4 is 0 Å². The second-order valence-corrected chi connectivity index (χ2v) is 8.84. The third-order valence-electron chi connectivity index (χ3n) is 5.76. The Balaban J connectivity index is 1.32. The van der Waals surface area contributed by atoms with E-state index in [1.165, 1.54) is 11.3 Å². The van der Waals surface area contributed by atoms with E-state index in [4.69, 9.17) is 0 Å². The first-order chi connectivity index (χ1) is 16.1. The quantitative estimate of drug-likeness (QED) is 0.471. The third-order valence-corrected chi connectivity index (χ3v) is 6.73. The number of carbonyl (C=O) groups is 1. The van der Waals surface area contributed by atoms with Crippen LogP contribution >= 0.6 is 11.3 Å². The first kappa shape index (κ1) is 21.4. The molecule has 1 saturated heterocycles. The Bertz CT molecular complexity index is 1290. The second-order valence-electron chi connectivity index (χ2n) is 7.96. The Labute approximate surface area is 194 Å². The zero-order valence-electron chi connectivity index (χ0n) is 17.9. The highest BCUT2D eigenvalue weighted by Crippen LogP contribution is 2.33. The third kappa shape index (κ3) is 4.43. The maximum Gasteiger partial charge on any atom is 0.257 e. The van der Waals surface area contributed by atoms with Crippen LogP contribution in [0.5, 0.6) is 5.88 Å². The first-order valence-corrected chi connectivity index (χ1v) is 11.6. The molecule has 4 aromatic rings. The standard InChI is InChI=1S/C24H23N5O3S/c30-14-17-5-3-4-16(12-17)13-28-8-10-29(11-9-28)24(32)18-15-33-21-20(18)26-22(27-23(21)31)19-6-1-2-7-25-19/h1-7,12,15,30H,8-11,13-14H2,(H,26,27,31). The van der Waals surface area contributed by atoms with Crippen LogP contribution in [-0.4, -0.2) is 67.1 Å². The number of thiophene rings is 1. The summed E-state index contributed by atoms with van der Waals surface area (Å²) in [5.41, 5.74) is 3.54. The lowest BCUT2D eigenvalue weighted by molar-refractivity contribution is 0.0630. The average Bonchev–Trinajstić information content (AvgIpc) is 3.29. The predicted octanol–water partition coefficient (Wildman–Crippen LogP) is 2.91. The topological polar surface area (TPSA) is 103 Å². The van der Waals surface area contributed by atoms with Gasteiger partial charge < -0.3 is 15.1 Å². The van der Waals surface area contributed by atoms with E-state index >= 15 is 0 Å². The molecule has 0 unspecified atom stereocenters. The number of benzene rings is 1. The lowest BCUT2D eigenvalue weighted by atomic mass is 10.1. The lowest BCUT2D eigenvalue weighted by Crippen LogP contribution is -2.48. The Morgan fingerprint density at radius 1 is 1.03 bits per heavy atom. The highest BCUT2D eigenvalue weighted by Gasteiger charge is 2.26. The van der Waals surface area contributed by atoms with Gasteiger partial charge in [0.05, 0.1) is 12.2 Å². The molecule has 1 aliphatic rings. The van der Waals surface area contributed by atoms with Gasteiger partial charge in [-0.3, -0.25) is 14.7 Å². The molecule has 33 heavy (non-hydrogen) atoms. The van der Waals surface area contributed by atoms with Gasteiger partial charge in [-0.1, -0.05) is 30.3 Å². The van der Waals surface area contributed by atoms with Crippen LogP contribution in [0.15, 0.2) is 54.0 Å². The Morgan fingerprint density at radius 3 is 2.61 bits per heavy atom. The van der Waals surface area contributed by atoms with Crippen LogP contribution in [0, 0.1) is 0 Å². The fraction of sp³-hybridized carbons (Fsp3) is 0.250. The molecule has 0 bridgehead atoms. The Hall–Kier alpha value is -3.40. The first-order valence-electron chi connectivity index (χ1n) is 10.7. The van der Waals surface area contributed by atoms with Gasteiger partial charge in [0.2, 0.25) is 5.88 Å². The average molecular weight is 462 g/mol. The number of amides is 1. The minimum atomic E-state index is -0.139. The molecular formula is C24H23N5O3S. The number of hydrogen-bond acceptors (Lipinski definition) is 8. The number of nitrogens with zero attached hydrogens (tertiary/aromatic N) is 5. The lowest BCUT2D eigenvalue weighted by Gasteiger charge is -2.34. The molecule has 168 valence electrons. The van der Waals surface area contributed by atoms with Crippen LogP contribution in [0.2, 0.25) is 0 Å². The number of carbonyl (C=O) groups excluding carboxylic acids is 1. The molecular weight excluding hydrogens is 438 g/mol. The normalized spacial score (nSPS) is 14.6. The highest BCUT2D eigenvalue weighted by molar-refractivity contribution is 7.17. The smallest absolute Gasteiger partial charge is 0.257 e. The largest absolute Gasteiger partial charge is 0.492 e. The van der Waals surface area contributed by atoms with Crippen molar-refractivity contribution < 1.29 is 15.0 Å². The van der Waals surface area contributed by atoms with E-state index < -0.39 is 0 Å². The van der Waals surface area contributed by atoms with Crippen molar-refractivity contribution >= 4 is 27.5 Å². The minimum absolute atomic E-state index is 0.0336. The van der Waals surface area contributed by atoms with Crippen LogP contribution in [0.3, 0.4) is 0 Å². The van der Waals surface area contributed by atoms with E-state index in [2.05, 4.69) is 25.9 Å². The van der Waals surface area contributed by atoms with E-state index in [-0.39, 0.29) is 18.4 Å². The van der Waals surface area contributed by atoms with Crippen molar-refractivity contribution in [1.82, 2.24) is 24.8 Å². The van der Waals surface area contributed by atoms with Crippen molar-refractivity contribution in [3.8, 4) is 17.4 Å². The number of piperazine rings is 1. The van der Waals surface area contributed by atoms with Gasteiger partial charge in [-0.2, -0.15) is 4.98 Å². The summed E-state index contributed by atoms with van der Waals surface area (Å²) in [5, 5.41) is 21.5. The number of aromatic nitrogens is 3. The van der Waals surface area contributed by atoms with Gasteiger partial charge >= 0.3 is 0 Å². The number of aliphatic hydroxyl groups is 1. The Kier molecular flexibility index (Phi) is 5.99. The van der Waals surface area contributed by atoms with Crippen LogP contribution in [0.1, 0.15) is 21.5 Å². The molecule has 0 saturated carbocycles.